The quantitative estimate of drug-likeness (QED) is 0.444. The number of nitrogens with one attached hydrogen (secondary N) is 2. The fraction of sp³-hybridized carbons (Fsp3) is 0.333. The van der Waals surface area contributed by atoms with Crippen LogP contribution in [0.5, 0.6) is 0 Å². The highest BCUT2D eigenvalue weighted by Crippen LogP contribution is 1.90. The van der Waals surface area contributed by atoms with Crippen molar-refractivity contribution in [3.8, 4) is 0 Å². The first-order valence-electron chi connectivity index (χ1n) is 3.65. The molecule has 0 aliphatic carbocycles. The molecule has 0 fully saturated rings. The van der Waals surface area contributed by atoms with Gasteiger partial charge in [-0.2, -0.15) is 15.4 Å². The van der Waals surface area contributed by atoms with E-state index in [2.05, 4.69) is 20.7 Å². The van der Waals surface area contributed by atoms with Crippen LogP contribution >= 0.6 is 0 Å². The number of carboxylic acids is 1. The van der Waals surface area contributed by atoms with Crippen molar-refractivity contribution in [2.75, 3.05) is 6.61 Å². The van der Waals surface area contributed by atoms with Crippen LogP contribution in [0.2, 0.25) is 0 Å². The average Bonchev–Trinajstić information content (AvgIpc) is 2.65. The van der Waals surface area contributed by atoms with Crippen LogP contribution in [0.4, 0.5) is 0 Å². The zero-order chi connectivity index (χ0) is 10.6. The van der Waals surface area contributed by atoms with E-state index in [1.165, 1.54) is 0 Å². The van der Waals surface area contributed by atoms with Crippen LogP contribution in [0.15, 0.2) is 6.20 Å². The summed E-state index contributed by atoms with van der Waals surface area (Å²) in [5, 5.41) is 28.2. The number of carbonyl (C=O) groups is 2. The maximum atomic E-state index is 11.2. The molecule has 4 N–H and O–H groups in total. The molecule has 0 bridgehead atoms. The van der Waals surface area contributed by atoms with Crippen LogP contribution in [-0.2, 0) is 4.79 Å². The number of hydrogen-bond donors (Lipinski definition) is 4. The van der Waals surface area contributed by atoms with Gasteiger partial charge in [0.1, 0.15) is 0 Å². The molecule has 1 atom stereocenters. The Balaban J connectivity index is 2.60. The van der Waals surface area contributed by atoms with Gasteiger partial charge in [0.2, 0.25) is 0 Å². The van der Waals surface area contributed by atoms with Gasteiger partial charge in [0.05, 0.1) is 12.8 Å². The number of carbonyl (C=O) groups excluding carboxylic acids is 1. The van der Waals surface area contributed by atoms with E-state index in [0.29, 0.717) is 0 Å². The van der Waals surface area contributed by atoms with Gasteiger partial charge in [0.15, 0.2) is 11.7 Å². The first-order chi connectivity index (χ1) is 6.65. The van der Waals surface area contributed by atoms with Crippen LogP contribution < -0.4 is 5.32 Å². The summed E-state index contributed by atoms with van der Waals surface area (Å²) in [6, 6.07) is -1.33. The van der Waals surface area contributed by atoms with Crippen LogP contribution in [0.25, 0.3) is 0 Å². The summed E-state index contributed by atoms with van der Waals surface area (Å²) < 4.78 is 0. The van der Waals surface area contributed by atoms with Gasteiger partial charge < -0.3 is 15.5 Å². The molecule has 0 saturated carbocycles. The molecule has 1 heterocycles. The highest BCUT2D eigenvalue weighted by atomic mass is 16.4. The van der Waals surface area contributed by atoms with Gasteiger partial charge in [-0.15, -0.1) is 0 Å². The summed E-state index contributed by atoms with van der Waals surface area (Å²) in [6.45, 7) is -0.682. The molecule has 1 aromatic rings. The highest BCUT2D eigenvalue weighted by molar-refractivity contribution is 5.94. The van der Waals surface area contributed by atoms with E-state index in [1.807, 2.05) is 0 Å². The third kappa shape index (κ3) is 2.26. The normalized spacial score (nSPS) is 12.1. The number of amides is 1. The molecule has 1 amide bonds. The minimum atomic E-state index is -1.33. The first-order valence-corrected chi connectivity index (χ1v) is 3.65. The second-order valence-electron chi connectivity index (χ2n) is 2.40. The van der Waals surface area contributed by atoms with Crippen molar-refractivity contribution in [1.82, 2.24) is 20.7 Å². The molecule has 8 nitrogen and oxygen atoms in total. The zero-order valence-corrected chi connectivity index (χ0v) is 6.97. The Morgan fingerprint density at radius 2 is 2.36 bits per heavy atom. The number of aliphatic carboxylic acids is 1. The molecule has 1 aromatic heterocycles. The van der Waals surface area contributed by atoms with Gasteiger partial charge in [-0.3, -0.25) is 4.79 Å². The van der Waals surface area contributed by atoms with E-state index < -0.39 is 24.5 Å². The number of aromatic amines is 1. The Morgan fingerprint density at radius 1 is 1.64 bits per heavy atom. The van der Waals surface area contributed by atoms with Crippen molar-refractivity contribution in [2.24, 2.45) is 0 Å². The van der Waals surface area contributed by atoms with Crippen LogP contribution in [0.3, 0.4) is 0 Å². The van der Waals surface area contributed by atoms with Crippen LogP contribution in [-0.4, -0.2) is 50.1 Å². The lowest BCUT2D eigenvalue weighted by Gasteiger charge is -2.09. The molecular formula is C6H8N4O4. The lowest BCUT2D eigenvalue weighted by Crippen LogP contribution is -2.43. The molecule has 0 saturated heterocycles. The lowest BCUT2D eigenvalue weighted by molar-refractivity contribution is -0.140. The molecule has 76 valence electrons. The minimum Gasteiger partial charge on any atom is -0.480 e. The van der Waals surface area contributed by atoms with E-state index in [4.69, 9.17) is 10.2 Å². The van der Waals surface area contributed by atoms with E-state index in [1.54, 1.807) is 0 Å². The lowest BCUT2D eigenvalue weighted by atomic mass is 10.3. The SMILES string of the molecule is O=C(NC(CO)C(=O)O)c1cn[nH]n1. The van der Waals surface area contributed by atoms with Crippen molar-refractivity contribution in [3.63, 3.8) is 0 Å². The first kappa shape index (κ1) is 10.1. The van der Waals surface area contributed by atoms with Gasteiger partial charge in [-0.1, -0.05) is 0 Å². The van der Waals surface area contributed by atoms with Gasteiger partial charge in [-0.05, 0) is 0 Å². The van der Waals surface area contributed by atoms with Gasteiger partial charge in [0.25, 0.3) is 5.91 Å². The number of nitrogens with zero attached hydrogens (tertiary/aromatic N) is 2. The number of hydrogen-bond acceptors (Lipinski definition) is 5. The summed E-state index contributed by atoms with van der Waals surface area (Å²) in [6.07, 6.45) is 1.14. The van der Waals surface area contributed by atoms with Gasteiger partial charge in [-0.25, -0.2) is 4.79 Å². The molecule has 14 heavy (non-hydrogen) atoms. The Kier molecular flexibility index (Phi) is 3.13. The molecular weight excluding hydrogens is 192 g/mol. The molecule has 0 aromatic carbocycles. The van der Waals surface area contributed by atoms with Crippen molar-refractivity contribution in [3.05, 3.63) is 11.9 Å². The number of carboxylic acid groups (broad SMARTS) is 1. The smallest absolute Gasteiger partial charge is 0.328 e. The highest BCUT2D eigenvalue weighted by Gasteiger charge is 2.20. The zero-order valence-electron chi connectivity index (χ0n) is 6.97. The number of aliphatic hydroxyl groups excluding tert-OH is 1. The minimum absolute atomic E-state index is 0.0373. The Bertz CT molecular complexity index is 323. The monoisotopic (exact) mass is 200 g/mol. The Morgan fingerprint density at radius 3 is 2.79 bits per heavy atom. The van der Waals surface area contributed by atoms with E-state index in [9.17, 15) is 9.59 Å². The van der Waals surface area contributed by atoms with Gasteiger partial charge in [0, 0.05) is 0 Å². The fourth-order valence-electron chi connectivity index (χ4n) is 0.729. The van der Waals surface area contributed by atoms with E-state index in [0.717, 1.165) is 6.20 Å². The standard InChI is InChI=1S/C6H8N4O4/c11-2-4(6(13)14)8-5(12)3-1-7-10-9-3/h1,4,11H,2H2,(H,8,12)(H,13,14)(H,7,9,10). The summed E-state index contributed by atoms with van der Waals surface area (Å²) in [5.41, 5.74) is -0.0373. The second kappa shape index (κ2) is 4.33. The summed E-state index contributed by atoms with van der Waals surface area (Å²) in [4.78, 5) is 21.6. The number of aliphatic hydroxyl groups is 1. The van der Waals surface area contributed by atoms with Crippen LogP contribution in [0.1, 0.15) is 10.5 Å². The summed E-state index contributed by atoms with van der Waals surface area (Å²) in [7, 11) is 0. The predicted molar refractivity (Wildman–Crippen MR) is 42.4 cm³/mol. The van der Waals surface area contributed by atoms with Crippen molar-refractivity contribution in [1.29, 1.82) is 0 Å². The van der Waals surface area contributed by atoms with Crippen LogP contribution in [0, 0.1) is 0 Å². The second-order valence-corrected chi connectivity index (χ2v) is 2.40. The fourth-order valence-corrected chi connectivity index (χ4v) is 0.729. The molecule has 0 spiro atoms. The van der Waals surface area contributed by atoms with Gasteiger partial charge >= 0.3 is 5.97 Å². The molecule has 8 heteroatoms. The Hall–Kier alpha value is -1.96. The van der Waals surface area contributed by atoms with E-state index in [-0.39, 0.29) is 5.69 Å². The molecule has 0 aliphatic heterocycles. The Labute approximate surface area is 77.9 Å². The molecule has 1 rings (SSSR count). The van der Waals surface area contributed by atoms with E-state index >= 15 is 0 Å². The van der Waals surface area contributed by atoms with Crippen molar-refractivity contribution >= 4 is 11.9 Å². The summed E-state index contributed by atoms with van der Waals surface area (Å²) in [5.74, 6) is -2.02. The van der Waals surface area contributed by atoms with Crippen molar-refractivity contribution in [2.45, 2.75) is 6.04 Å². The largest absolute Gasteiger partial charge is 0.480 e. The summed E-state index contributed by atoms with van der Waals surface area (Å²) >= 11 is 0. The van der Waals surface area contributed by atoms with Crippen molar-refractivity contribution < 1.29 is 19.8 Å². The maximum absolute atomic E-state index is 11.2. The third-order valence-corrected chi connectivity index (χ3v) is 1.43. The third-order valence-electron chi connectivity index (χ3n) is 1.43. The molecule has 0 radical (unpaired) electrons. The average molecular weight is 200 g/mol. The predicted octanol–water partition coefficient (Wildman–Crippen LogP) is -2.02. The number of rotatable bonds is 4. The number of H-pyrrole nitrogens is 1. The molecule has 1 unspecified atom stereocenters. The topological polar surface area (TPSA) is 128 Å². The number of aromatic nitrogens is 3. The maximum Gasteiger partial charge on any atom is 0.328 e. The molecule has 0 aliphatic rings.